The predicted octanol–water partition coefficient (Wildman–Crippen LogP) is 8.43. The van der Waals surface area contributed by atoms with Gasteiger partial charge >= 0.3 is 21.1 Å². The molecule has 6 rings (SSSR count). The number of nitrogens with zero attached hydrogens (tertiary/aromatic N) is 2. The molecule has 1 atom stereocenters. The monoisotopic (exact) mass is 651 g/mol. The van der Waals surface area contributed by atoms with E-state index < -0.39 is 7.53 Å². The summed E-state index contributed by atoms with van der Waals surface area (Å²) >= 11 is 0. The summed E-state index contributed by atoms with van der Waals surface area (Å²) in [5, 5.41) is 5.07. The molecule has 0 radical (unpaired) electrons. The van der Waals surface area contributed by atoms with Crippen LogP contribution in [-0.2, 0) is 21.1 Å². The molecule has 172 valence electrons. The van der Waals surface area contributed by atoms with Crippen LogP contribution in [0.4, 0.5) is 0 Å². The molecule has 0 fully saturated rings. The summed E-state index contributed by atoms with van der Waals surface area (Å²) in [7, 11) is -0.768. The van der Waals surface area contributed by atoms with Crippen molar-refractivity contribution in [2.75, 3.05) is 0 Å². The molecule has 0 aliphatic heterocycles. The Kier molecular flexibility index (Phi) is 6.56. The van der Waals surface area contributed by atoms with Gasteiger partial charge in [0.2, 0.25) is 5.88 Å². The van der Waals surface area contributed by atoms with Crippen LogP contribution in [0.1, 0.15) is 11.3 Å². The summed E-state index contributed by atoms with van der Waals surface area (Å²) < 4.78 is 5.98. The maximum atomic E-state index is 5.98. The normalized spacial score (nSPS) is 11.4. The van der Waals surface area contributed by atoms with Crippen LogP contribution in [0.25, 0.3) is 37.6 Å². The fourth-order valence-corrected chi connectivity index (χ4v) is 6.83. The number of aromatic nitrogens is 2. The van der Waals surface area contributed by atoms with E-state index in [9.17, 15) is 0 Å². The zero-order valence-electron chi connectivity index (χ0n) is 19.2. The Morgan fingerprint density at radius 2 is 1.60 bits per heavy atom. The molecule has 0 saturated carbocycles. The van der Waals surface area contributed by atoms with E-state index in [0.29, 0.717) is 11.6 Å². The molecule has 3 heterocycles. The minimum absolute atomic E-state index is 0. The first-order valence-electron chi connectivity index (χ1n) is 11.2. The van der Waals surface area contributed by atoms with E-state index >= 15 is 0 Å². The maximum Gasteiger partial charge on any atom is 2.00 e. The molecule has 3 aromatic carbocycles. The minimum Gasteiger partial charge on any atom is -0.460 e. The number of fused-ring (bicyclic) bond motifs is 3. The number of hydrogen-bond donors (Lipinski definition) is 0. The Morgan fingerprint density at radius 3 is 2.46 bits per heavy atom. The Labute approximate surface area is 220 Å². The second-order valence-corrected chi connectivity index (χ2v) is 10.4. The van der Waals surface area contributed by atoms with Crippen molar-refractivity contribution in [1.29, 1.82) is 0 Å². The summed E-state index contributed by atoms with van der Waals surface area (Å²) in [6.07, 6.45) is 1.75. The maximum absolute atomic E-state index is 5.98. The number of pyridine rings is 2. The van der Waals surface area contributed by atoms with Gasteiger partial charge in [-0.1, -0.05) is 48.4 Å². The fourth-order valence-electron chi connectivity index (χ4n) is 4.28. The van der Waals surface area contributed by atoms with E-state index in [-0.39, 0.29) is 21.1 Å². The Bertz CT molecular complexity index is 1670. The van der Waals surface area contributed by atoms with Gasteiger partial charge in [-0.2, -0.15) is 24.3 Å². The van der Waals surface area contributed by atoms with Crippen LogP contribution in [-0.4, -0.2) is 9.97 Å². The van der Waals surface area contributed by atoms with Gasteiger partial charge in [0, 0.05) is 23.7 Å². The number of benzene rings is 3. The summed E-state index contributed by atoms with van der Waals surface area (Å²) in [5.41, 5.74) is 5.18. The predicted molar refractivity (Wildman–Crippen MR) is 140 cm³/mol. The van der Waals surface area contributed by atoms with Crippen molar-refractivity contribution in [3.05, 3.63) is 115 Å². The van der Waals surface area contributed by atoms with Gasteiger partial charge in [-0.3, -0.25) is 0 Å². The topological polar surface area (TPSA) is 35.0 Å². The van der Waals surface area contributed by atoms with Crippen molar-refractivity contribution in [3.8, 4) is 28.2 Å². The van der Waals surface area contributed by atoms with E-state index in [1.807, 2.05) is 50.2 Å². The summed E-state index contributed by atoms with van der Waals surface area (Å²) in [5.74, 6) is 1.20. The summed E-state index contributed by atoms with van der Waals surface area (Å²) in [6, 6.07) is 36.2. The molecular weight excluding hydrogens is 630 g/mol. The second kappa shape index (κ2) is 9.78. The molecule has 3 nitrogen and oxygen atoms in total. The van der Waals surface area contributed by atoms with Crippen LogP contribution in [0, 0.1) is 26.0 Å². The van der Waals surface area contributed by atoms with Gasteiger partial charge in [-0.15, -0.1) is 18.2 Å². The zero-order chi connectivity index (χ0) is 23.1. The molecule has 0 bridgehead atoms. The van der Waals surface area contributed by atoms with Gasteiger partial charge in [-0.25, -0.2) is 21.1 Å². The third-order valence-corrected chi connectivity index (χ3v) is 8.23. The molecule has 3 aromatic heterocycles. The van der Waals surface area contributed by atoms with E-state index in [0.717, 1.165) is 27.8 Å². The molecule has 0 spiro atoms. The third kappa shape index (κ3) is 4.55. The average molecular weight is 652 g/mol. The second-order valence-electron chi connectivity index (χ2n) is 8.33. The first-order chi connectivity index (χ1) is 16.7. The van der Waals surface area contributed by atoms with Crippen molar-refractivity contribution < 1.29 is 25.8 Å². The van der Waals surface area contributed by atoms with Crippen molar-refractivity contribution in [2.45, 2.75) is 13.8 Å². The van der Waals surface area contributed by atoms with Crippen molar-refractivity contribution >= 4 is 28.5 Å². The Morgan fingerprint density at radius 1 is 0.771 bits per heavy atom. The smallest absolute Gasteiger partial charge is 0.460 e. The van der Waals surface area contributed by atoms with Crippen LogP contribution in [0.2, 0.25) is 0 Å². The number of hydrogen-bond acceptors (Lipinski definition) is 3. The van der Waals surface area contributed by atoms with E-state index in [4.69, 9.17) is 9.72 Å². The van der Waals surface area contributed by atoms with E-state index in [1.165, 1.54) is 21.0 Å². The standard InChI is InChI=1S/C30H21N2OP.Pt/c1-20-15-16-31-29(17-20)33-24-9-6-8-22(18-24)23-13-14-26-25-10-3-4-11-27(25)34(28(26)19-23)30-12-5-7-21(2)32-30;/h3-17H,1-2H3;/q-2;+2. The molecular formula is C30H21N2OPPt. The quantitative estimate of drug-likeness (QED) is 0.180. The van der Waals surface area contributed by atoms with Crippen LogP contribution in [0.5, 0.6) is 11.6 Å². The molecule has 0 amide bonds. The van der Waals surface area contributed by atoms with Crippen molar-refractivity contribution in [2.24, 2.45) is 0 Å². The number of aryl methyl sites for hydroxylation is 2. The molecule has 0 saturated heterocycles. The Hall–Kier alpha value is -3.25. The SMILES string of the molecule is Cc1ccnc(Oc2[c-]c(-c3[c-]c4c(cc3)c3ccccc3p4-c3cccc(C)n3)ccc2)c1.[Pt+2]. The molecule has 5 heteroatoms. The van der Waals surface area contributed by atoms with E-state index in [2.05, 4.69) is 65.6 Å². The first-order valence-corrected chi connectivity index (χ1v) is 12.5. The largest absolute Gasteiger partial charge is 2.00 e. The van der Waals surface area contributed by atoms with Gasteiger partial charge in [0.1, 0.15) is 0 Å². The van der Waals surface area contributed by atoms with Gasteiger partial charge in [0.05, 0.1) is 5.44 Å². The van der Waals surface area contributed by atoms with Gasteiger partial charge < -0.3 is 4.74 Å². The first kappa shape index (κ1) is 23.5. The van der Waals surface area contributed by atoms with Crippen molar-refractivity contribution in [1.82, 2.24) is 9.97 Å². The minimum atomic E-state index is -0.768. The van der Waals surface area contributed by atoms with Gasteiger partial charge in [-0.05, 0) is 48.1 Å². The van der Waals surface area contributed by atoms with Crippen LogP contribution < -0.4 is 4.74 Å². The Balaban J connectivity index is 0.00000253. The average Bonchev–Trinajstić information content (AvgIpc) is 3.18. The van der Waals surface area contributed by atoms with Crippen LogP contribution in [0.3, 0.4) is 0 Å². The van der Waals surface area contributed by atoms with Crippen LogP contribution in [0.15, 0.2) is 91.1 Å². The fraction of sp³-hybridized carbons (Fsp3) is 0.0667. The zero-order valence-corrected chi connectivity index (χ0v) is 22.4. The molecule has 0 N–H and O–H groups in total. The molecule has 0 aliphatic rings. The summed E-state index contributed by atoms with van der Waals surface area (Å²) in [6.45, 7) is 4.07. The van der Waals surface area contributed by atoms with Crippen molar-refractivity contribution in [3.63, 3.8) is 0 Å². The van der Waals surface area contributed by atoms with Gasteiger partial charge in [0.25, 0.3) is 0 Å². The van der Waals surface area contributed by atoms with E-state index in [1.54, 1.807) is 6.20 Å². The number of rotatable bonds is 4. The molecule has 1 unspecified atom stereocenters. The molecule has 6 aromatic rings. The van der Waals surface area contributed by atoms with Crippen LogP contribution >= 0.6 is 7.53 Å². The molecule has 35 heavy (non-hydrogen) atoms. The molecule has 0 aliphatic carbocycles. The summed E-state index contributed by atoms with van der Waals surface area (Å²) in [4.78, 5) is 9.20. The third-order valence-electron chi connectivity index (χ3n) is 5.85. The van der Waals surface area contributed by atoms with Gasteiger partial charge in [0.15, 0.2) is 0 Å². The number of ether oxygens (including phenoxy) is 1.